The van der Waals surface area contributed by atoms with Gasteiger partial charge in [-0.25, -0.2) is 9.97 Å². The van der Waals surface area contributed by atoms with E-state index in [0.29, 0.717) is 29.5 Å². The fraction of sp³-hybridized carbons (Fsp3) is 0.190. The molecular weight excluding hydrogens is 356 g/mol. The Bertz CT molecular complexity index is 975. The number of hydrogen-bond acceptors (Lipinski definition) is 6. The number of carbonyl (C=O) groups excluding carboxylic acids is 1. The molecular formula is C21H22N4O3. The third kappa shape index (κ3) is 4.76. The van der Waals surface area contributed by atoms with Crippen LogP contribution in [-0.4, -0.2) is 30.1 Å². The van der Waals surface area contributed by atoms with Crippen LogP contribution in [-0.2, 0) is 6.54 Å². The van der Waals surface area contributed by atoms with Gasteiger partial charge in [0.15, 0.2) is 0 Å². The summed E-state index contributed by atoms with van der Waals surface area (Å²) in [7, 11) is 3.10. The van der Waals surface area contributed by atoms with Crippen molar-refractivity contribution in [1.82, 2.24) is 9.97 Å². The second-order valence-electron chi connectivity index (χ2n) is 6.15. The first-order chi connectivity index (χ1) is 13.6. The average Bonchev–Trinajstić information content (AvgIpc) is 2.72. The van der Waals surface area contributed by atoms with Crippen molar-refractivity contribution in [1.29, 1.82) is 0 Å². The van der Waals surface area contributed by atoms with E-state index in [4.69, 9.17) is 9.47 Å². The van der Waals surface area contributed by atoms with Crippen molar-refractivity contribution < 1.29 is 14.3 Å². The number of amides is 1. The molecule has 0 aliphatic heterocycles. The van der Waals surface area contributed by atoms with E-state index >= 15 is 0 Å². The molecule has 1 aromatic heterocycles. The zero-order chi connectivity index (χ0) is 19.9. The predicted octanol–water partition coefficient (Wildman–Crippen LogP) is 3.67. The number of nitrogens with one attached hydrogen (secondary N) is 2. The summed E-state index contributed by atoms with van der Waals surface area (Å²) in [5, 5.41) is 6.01. The Labute approximate surface area is 163 Å². The van der Waals surface area contributed by atoms with Crippen molar-refractivity contribution in [2.75, 3.05) is 24.9 Å². The number of aromatic nitrogens is 2. The Hall–Kier alpha value is -3.61. The summed E-state index contributed by atoms with van der Waals surface area (Å²) in [4.78, 5) is 20.8. The quantitative estimate of drug-likeness (QED) is 0.653. The number of benzene rings is 2. The lowest BCUT2D eigenvalue weighted by Gasteiger charge is -2.12. The first-order valence-corrected chi connectivity index (χ1v) is 8.74. The van der Waals surface area contributed by atoms with Crippen LogP contribution in [0.4, 0.5) is 11.5 Å². The highest BCUT2D eigenvalue weighted by Gasteiger charge is 2.13. The lowest BCUT2D eigenvalue weighted by atomic mass is 10.1. The van der Waals surface area contributed by atoms with Gasteiger partial charge in [-0.1, -0.05) is 29.8 Å². The normalized spacial score (nSPS) is 10.2. The fourth-order valence-corrected chi connectivity index (χ4v) is 2.68. The molecule has 0 saturated heterocycles. The Morgan fingerprint density at radius 3 is 2.64 bits per heavy atom. The molecule has 0 aliphatic rings. The van der Waals surface area contributed by atoms with E-state index in [1.807, 2.05) is 25.1 Å². The minimum Gasteiger partial charge on any atom is -0.497 e. The van der Waals surface area contributed by atoms with E-state index in [-0.39, 0.29) is 11.6 Å². The molecule has 3 rings (SSSR count). The van der Waals surface area contributed by atoms with Gasteiger partial charge in [0, 0.05) is 18.7 Å². The molecule has 2 N–H and O–H groups in total. The molecule has 0 fully saturated rings. The minimum atomic E-state index is -0.357. The first kappa shape index (κ1) is 19.2. The summed E-state index contributed by atoms with van der Waals surface area (Å²) in [6, 6.07) is 15.0. The monoisotopic (exact) mass is 378 g/mol. The van der Waals surface area contributed by atoms with Crippen molar-refractivity contribution in [3.63, 3.8) is 0 Å². The Balaban J connectivity index is 1.70. The number of hydrogen-bond donors (Lipinski definition) is 2. The molecule has 2 aromatic carbocycles. The Kier molecular flexibility index (Phi) is 6.06. The van der Waals surface area contributed by atoms with Crippen molar-refractivity contribution in [2.24, 2.45) is 0 Å². The van der Waals surface area contributed by atoms with Gasteiger partial charge in [-0.05, 0) is 24.6 Å². The number of ether oxygens (including phenoxy) is 2. The Morgan fingerprint density at radius 1 is 1.04 bits per heavy atom. The molecule has 0 radical (unpaired) electrons. The van der Waals surface area contributed by atoms with Gasteiger partial charge in [-0.3, -0.25) is 4.79 Å². The topological polar surface area (TPSA) is 85.4 Å². The van der Waals surface area contributed by atoms with E-state index < -0.39 is 0 Å². The van der Waals surface area contributed by atoms with Gasteiger partial charge < -0.3 is 20.1 Å². The molecule has 7 nitrogen and oxygen atoms in total. The average molecular weight is 378 g/mol. The van der Waals surface area contributed by atoms with E-state index in [1.54, 1.807) is 31.4 Å². The van der Waals surface area contributed by atoms with Crippen molar-refractivity contribution >= 4 is 17.4 Å². The van der Waals surface area contributed by atoms with Gasteiger partial charge in [0.2, 0.25) is 0 Å². The van der Waals surface area contributed by atoms with Gasteiger partial charge in [-0.15, -0.1) is 0 Å². The van der Waals surface area contributed by atoms with Crippen molar-refractivity contribution in [3.05, 3.63) is 71.7 Å². The summed E-state index contributed by atoms with van der Waals surface area (Å²) < 4.78 is 10.5. The Morgan fingerprint density at radius 2 is 1.89 bits per heavy atom. The maximum absolute atomic E-state index is 12.6. The highest BCUT2D eigenvalue weighted by molar-refractivity contribution is 6.04. The zero-order valence-corrected chi connectivity index (χ0v) is 16.0. The van der Waals surface area contributed by atoms with Crippen LogP contribution in [0.15, 0.2) is 54.9 Å². The lowest BCUT2D eigenvalue weighted by Crippen LogP contribution is -2.15. The highest BCUT2D eigenvalue weighted by Crippen LogP contribution is 2.29. The minimum absolute atomic E-state index is 0.250. The first-order valence-electron chi connectivity index (χ1n) is 8.74. The van der Waals surface area contributed by atoms with E-state index in [1.165, 1.54) is 19.0 Å². The van der Waals surface area contributed by atoms with Crippen LogP contribution in [0.5, 0.6) is 11.5 Å². The molecule has 1 heterocycles. The third-order valence-corrected chi connectivity index (χ3v) is 4.11. The zero-order valence-electron chi connectivity index (χ0n) is 16.0. The summed E-state index contributed by atoms with van der Waals surface area (Å²) in [6.45, 7) is 2.65. The number of carbonyl (C=O) groups is 1. The second-order valence-corrected chi connectivity index (χ2v) is 6.15. The molecule has 1 amide bonds. The number of nitrogens with zero attached hydrogens (tertiary/aromatic N) is 2. The standard InChI is InChI=1S/C21H22N4O3/c1-14-5-4-6-15(9-14)12-22-20-11-18(23-13-24-20)21(26)25-17-8-7-16(27-2)10-19(17)28-3/h4-11,13H,12H2,1-3H3,(H,25,26)(H,22,23,24). The molecule has 0 spiro atoms. The smallest absolute Gasteiger partial charge is 0.274 e. The van der Waals surface area contributed by atoms with Crippen LogP contribution in [0.2, 0.25) is 0 Å². The fourth-order valence-electron chi connectivity index (χ4n) is 2.68. The lowest BCUT2D eigenvalue weighted by molar-refractivity contribution is 0.102. The van der Waals surface area contributed by atoms with Crippen molar-refractivity contribution in [2.45, 2.75) is 13.5 Å². The molecule has 3 aromatic rings. The number of aryl methyl sites for hydroxylation is 1. The van der Waals surface area contributed by atoms with Gasteiger partial charge in [0.1, 0.15) is 29.3 Å². The molecule has 0 bridgehead atoms. The molecule has 28 heavy (non-hydrogen) atoms. The molecule has 0 aliphatic carbocycles. The van der Waals surface area contributed by atoms with E-state index in [2.05, 4.69) is 26.7 Å². The molecule has 7 heteroatoms. The molecule has 144 valence electrons. The van der Waals surface area contributed by atoms with Gasteiger partial charge in [-0.2, -0.15) is 0 Å². The SMILES string of the molecule is COc1ccc(NC(=O)c2cc(NCc3cccc(C)c3)ncn2)c(OC)c1. The van der Waals surface area contributed by atoms with Crippen LogP contribution >= 0.6 is 0 Å². The predicted molar refractivity (Wildman–Crippen MR) is 108 cm³/mol. The summed E-state index contributed by atoms with van der Waals surface area (Å²) >= 11 is 0. The largest absolute Gasteiger partial charge is 0.497 e. The van der Waals surface area contributed by atoms with Gasteiger partial charge in [0.05, 0.1) is 19.9 Å². The number of anilines is 2. The van der Waals surface area contributed by atoms with E-state index in [9.17, 15) is 4.79 Å². The van der Waals surface area contributed by atoms with Gasteiger partial charge in [0.25, 0.3) is 5.91 Å². The third-order valence-electron chi connectivity index (χ3n) is 4.11. The molecule has 0 atom stereocenters. The van der Waals surface area contributed by atoms with Crippen LogP contribution in [0, 0.1) is 6.92 Å². The summed E-state index contributed by atoms with van der Waals surface area (Å²) in [5.74, 6) is 1.35. The number of rotatable bonds is 7. The van der Waals surface area contributed by atoms with E-state index in [0.717, 1.165) is 5.56 Å². The highest BCUT2D eigenvalue weighted by atomic mass is 16.5. The number of methoxy groups -OCH3 is 2. The summed E-state index contributed by atoms with van der Waals surface area (Å²) in [6.07, 6.45) is 1.36. The maximum atomic E-state index is 12.6. The van der Waals surface area contributed by atoms with Gasteiger partial charge >= 0.3 is 0 Å². The maximum Gasteiger partial charge on any atom is 0.274 e. The van der Waals surface area contributed by atoms with Crippen LogP contribution < -0.4 is 20.1 Å². The second kappa shape index (κ2) is 8.85. The van der Waals surface area contributed by atoms with Crippen LogP contribution in [0.1, 0.15) is 21.6 Å². The summed E-state index contributed by atoms with van der Waals surface area (Å²) in [5.41, 5.74) is 3.10. The molecule has 0 saturated carbocycles. The molecule has 0 unspecified atom stereocenters. The van der Waals surface area contributed by atoms with Crippen LogP contribution in [0.3, 0.4) is 0 Å². The van der Waals surface area contributed by atoms with Crippen molar-refractivity contribution in [3.8, 4) is 11.5 Å². The van der Waals surface area contributed by atoms with Crippen LogP contribution in [0.25, 0.3) is 0 Å².